The van der Waals surface area contributed by atoms with E-state index in [1.54, 1.807) is 0 Å². The summed E-state index contributed by atoms with van der Waals surface area (Å²) in [6, 6.07) is 15.1. The lowest BCUT2D eigenvalue weighted by Gasteiger charge is -2.37. The van der Waals surface area contributed by atoms with Crippen molar-refractivity contribution >= 4 is 33.5 Å². The number of nitrogens with zero attached hydrogens (tertiary/aromatic N) is 2. The van der Waals surface area contributed by atoms with Gasteiger partial charge in [-0.1, -0.05) is 48.4 Å². The highest BCUT2D eigenvalue weighted by Gasteiger charge is 2.26. The Morgan fingerprint density at radius 2 is 1.83 bits per heavy atom. The molecule has 0 radical (unpaired) electrons. The molecule has 1 unspecified atom stereocenters. The number of hydrogen-bond acceptors (Lipinski definition) is 5. The number of terminal acetylenes is 1. The fraction of sp³-hybridized carbons (Fsp3) is 0.462. The normalized spacial score (nSPS) is 15.7. The average molecular weight is 499 g/mol. The van der Waals surface area contributed by atoms with Crippen LogP contribution < -0.4 is 10.6 Å². The van der Waals surface area contributed by atoms with Gasteiger partial charge in [0.2, 0.25) is 22.7 Å². The number of hydrogen-bond donors (Lipinski definition) is 3. The van der Waals surface area contributed by atoms with Gasteiger partial charge in [-0.3, -0.25) is 14.5 Å². The molecular weight excluding hydrogens is 464 g/mol. The van der Waals surface area contributed by atoms with Crippen LogP contribution in [0.5, 0.6) is 0 Å². The Balaban J connectivity index is 1.47. The van der Waals surface area contributed by atoms with Crippen LogP contribution >= 0.6 is 0 Å². The summed E-state index contributed by atoms with van der Waals surface area (Å²) < 4.78 is 24.9. The van der Waals surface area contributed by atoms with E-state index in [0.717, 1.165) is 25.9 Å². The molecule has 1 aliphatic rings. The molecule has 0 bridgehead atoms. The molecule has 0 saturated carbocycles. The van der Waals surface area contributed by atoms with Crippen LogP contribution in [0.1, 0.15) is 37.8 Å². The number of thiol groups is 1. The van der Waals surface area contributed by atoms with Crippen LogP contribution in [0.4, 0.5) is 0 Å². The van der Waals surface area contributed by atoms with Crippen LogP contribution in [0.25, 0.3) is 10.8 Å². The smallest absolute Gasteiger partial charge is 0.240 e. The molecular formula is C26H34N4O4S. The molecule has 1 saturated heterocycles. The zero-order valence-electron chi connectivity index (χ0n) is 20.1. The Morgan fingerprint density at radius 3 is 2.54 bits per heavy atom. The van der Waals surface area contributed by atoms with Gasteiger partial charge in [0.25, 0.3) is 0 Å². The summed E-state index contributed by atoms with van der Waals surface area (Å²) in [4.78, 5) is 26.0. The molecule has 2 amide bonds. The van der Waals surface area contributed by atoms with Crippen molar-refractivity contribution in [3.63, 3.8) is 0 Å². The maximum Gasteiger partial charge on any atom is 0.240 e. The van der Waals surface area contributed by atoms with Gasteiger partial charge < -0.3 is 10.6 Å². The van der Waals surface area contributed by atoms with Crippen LogP contribution in [0.2, 0.25) is 0 Å². The maximum atomic E-state index is 12.0. The summed E-state index contributed by atoms with van der Waals surface area (Å²) in [5.41, 5.74) is 1.31. The molecule has 35 heavy (non-hydrogen) atoms. The molecule has 2 N–H and O–H groups in total. The monoisotopic (exact) mass is 498 g/mol. The quantitative estimate of drug-likeness (QED) is 0.324. The Hall–Kier alpha value is -2.93. The van der Waals surface area contributed by atoms with E-state index in [1.807, 2.05) is 0 Å². The summed E-state index contributed by atoms with van der Waals surface area (Å²) in [5, 5.41) is 7.44. The molecule has 0 aliphatic carbocycles. The SMILES string of the molecule is C#CCNC(=O)CNC(=O)CCN(CC1CCN(C(C)c2cccc3ccccc23)CC1)[SH](=O)=O. The summed E-state index contributed by atoms with van der Waals surface area (Å²) in [6.45, 7) is 4.44. The summed E-state index contributed by atoms with van der Waals surface area (Å²) in [5.74, 6) is 1.77. The van der Waals surface area contributed by atoms with Gasteiger partial charge in [0, 0.05) is 25.6 Å². The van der Waals surface area contributed by atoms with Crippen LogP contribution in [0.3, 0.4) is 0 Å². The number of carbonyl (C=O) groups excluding carboxylic acids is 2. The molecule has 1 atom stereocenters. The second-order valence-electron chi connectivity index (χ2n) is 8.88. The topological polar surface area (TPSA) is 98.8 Å². The first-order valence-corrected chi connectivity index (χ1v) is 13.1. The zero-order valence-corrected chi connectivity index (χ0v) is 21.0. The molecule has 8 nitrogen and oxygen atoms in total. The molecule has 188 valence electrons. The van der Waals surface area contributed by atoms with Gasteiger partial charge in [0.15, 0.2) is 0 Å². The third kappa shape index (κ3) is 7.79. The standard InChI is InChI=1S/C26H34N4O4S/c1-3-14-27-26(32)18-28-25(31)13-17-30(35(33)34)19-21-11-15-29(16-12-21)20(2)23-10-6-8-22-7-4-5-9-24(22)23/h1,4-10,20-21,35H,11-19H2,2H3,(H,27,32)(H,28,31). The van der Waals surface area contributed by atoms with Crippen molar-refractivity contribution in [1.82, 2.24) is 19.8 Å². The van der Waals surface area contributed by atoms with E-state index in [0.29, 0.717) is 6.54 Å². The summed E-state index contributed by atoms with van der Waals surface area (Å²) in [7, 11) is -2.79. The van der Waals surface area contributed by atoms with Gasteiger partial charge in [-0.25, -0.2) is 12.7 Å². The van der Waals surface area contributed by atoms with E-state index in [-0.39, 0.29) is 49.8 Å². The highest BCUT2D eigenvalue weighted by Crippen LogP contribution is 2.31. The molecule has 2 aromatic rings. The van der Waals surface area contributed by atoms with Gasteiger partial charge >= 0.3 is 0 Å². The predicted molar refractivity (Wildman–Crippen MR) is 138 cm³/mol. The number of nitrogens with one attached hydrogen (secondary N) is 2. The minimum Gasteiger partial charge on any atom is -0.347 e. The predicted octanol–water partition coefficient (Wildman–Crippen LogP) is 1.70. The highest BCUT2D eigenvalue weighted by molar-refractivity contribution is 7.69. The van der Waals surface area contributed by atoms with Crippen LogP contribution in [0, 0.1) is 18.3 Å². The van der Waals surface area contributed by atoms with Gasteiger partial charge in [-0.05, 0) is 55.1 Å². The van der Waals surface area contributed by atoms with Crippen LogP contribution in [-0.4, -0.2) is 68.7 Å². The van der Waals surface area contributed by atoms with Crippen molar-refractivity contribution < 1.29 is 18.0 Å². The van der Waals surface area contributed by atoms with Crippen LogP contribution in [-0.2, 0) is 20.5 Å². The van der Waals surface area contributed by atoms with E-state index >= 15 is 0 Å². The van der Waals surface area contributed by atoms with Crippen molar-refractivity contribution in [1.29, 1.82) is 0 Å². The first-order valence-electron chi connectivity index (χ1n) is 12.0. The van der Waals surface area contributed by atoms with E-state index < -0.39 is 10.9 Å². The van der Waals surface area contributed by atoms with E-state index in [1.165, 1.54) is 20.6 Å². The lowest BCUT2D eigenvalue weighted by atomic mass is 9.93. The second-order valence-corrected chi connectivity index (χ2v) is 9.92. The van der Waals surface area contributed by atoms with Crippen molar-refractivity contribution in [2.24, 2.45) is 5.92 Å². The van der Waals surface area contributed by atoms with Crippen molar-refractivity contribution in [2.45, 2.75) is 32.2 Å². The van der Waals surface area contributed by atoms with Crippen molar-refractivity contribution in [3.05, 3.63) is 48.0 Å². The van der Waals surface area contributed by atoms with Gasteiger partial charge in [0.05, 0.1) is 13.1 Å². The van der Waals surface area contributed by atoms with E-state index in [2.05, 4.69) is 70.8 Å². The molecule has 1 heterocycles. The Morgan fingerprint density at radius 1 is 1.11 bits per heavy atom. The van der Waals surface area contributed by atoms with Gasteiger partial charge in [0.1, 0.15) is 0 Å². The molecule has 9 heteroatoms. The number of piperidine rings is 1. The van der Waals surface area contributed by atoms with E-state index in [4.69, 9.17) is 6.42 Å². The number of amides is 2. The zero-order chi connectivity index (χ0) is 25.2. The second kappa shape index (κ2) is 13.2. The summed E-state index contributed by atoms with van der Waals surface area (Å²) in [6.07, 6.45) is 6.87. The molecule has 3 rings (SSSR count). The third-order valence-electron chi connectivity index (χ3n) is 6.60. The molecule has 0 aromatic heterocycles. The number of benzene rings is 2. The fourth-order valence-corrected chi connectivity index (χ4v) is 5.21. The van der Waals surface area contributed by atoms with Gasteiger partial charge in [-0.2, -0.15) is 0 Å². The van der Waals surface area contributed by atoms with Crippen LogP contribution in [0.15, 0.2) is 42.5 Å². The molecule has 1 aliphatic heterocycles. The number of fused-ring (bicyclic) bond motifs is 1. The number of rotatable bonds is 11. The fourth-order valence-electron chi connectivity index (χ4n) is 4.58. The minimum absolute atomic E-state index is 0.00267. The number of carbonyl (C=O) groups is 2. The molecule has 0 spiro atoms. The lowest BCUT2D eigenvalue weighted by molar-refractivity contribution is -0.126. The Bertz CT molecular complexity index is 1120. The Kier molecular flexibility index (Phi) is 10.1. The van der Waals surface area contributed by atoms with Crippen molar-refractivity contribution in [3.8, 4) is 12.3 Å². The minimum atomic E-state index is -2.79. The average Bonchev–Trinajstić information content (AvgIpc) is 2.88. The lowest BCUT2D eigenvalue weighted by Crippen LogP contribution is -2.41. The van der Waals surface area contributed by atoms with E-state index in [9.17, 15) is 18.0 Å². The third-order valence-corrected chi connectivity index (χ3v) is 7.43. The molecule has 1 fully saturated rings. The summed E-state index contributed by atoms with van der Waals surface area (Å²) >= 11 is 0. The first-order chi connectivity index (χ1) is 16.9. The first kappa shape index (κ1) is 26.7. The number of likely N-dealkylation sites (tertiary alicyclic amines) is 1. The Labute approximate surface area is 209 Å². The largest absolute Gasteiger partial charge is 0.347 e. The maximum absolute atomic E-state index is 12.0. The van der Waals surface area contributed by atoms with Gasteiger partial charge in [-0.15, -0.1) is 6.42 Å². The highest BCUT2D eigenvalue weighted by atomic mass is 32.2. The van der Waals surface area contributed by atoms with Crippen molar-refractivity contribution in [2.75, 3.05) is 39.3 Å². The molecule has 2 aromatic carbocycles.